The van der Waals surface area contributed by atoms with Gasteiger partial charge in [0, 0.05) is 51.3 Å². The Balaban J connectivity index is 1.40. The predicted molar refractivity (Wildman–Crippen MR) is 144 cm³/mol. The number of likely N-dealkylation sites (N-methyl/N-ethyl adjacent to an activating group) is 1. The summed E-state index contributed by atoms with van der Waals surface area (Å²) in [5.41, 5.74) is 2.56. The first-order chi connectivity index (χ1) is 17.8. The number of para-hydroxylation sites is 1. The van der Waals surface area contributed by atoms with Crippen LogP contribution >= 0.6 is 0 Å². The van der Waals surface area contributed by atoms with E-state index in [0.717, 1.165) is 60.6 Å². The van der Waals surface area contributed by atoms with E-state index in [-0.39, 0.29) is 17.5 Å². The van der Waals surface area contributed by atoms with Gasteiger partial charge < -0.3 is 25.0 Å². The van der Waals surface area contributed by atoms with Crippen LogP contribution in [0.4, 0.5) is 17.5 Å². The third-order valence-electron chi connectivity index (χ3n) is 8.02. The number of nitrogens with one attached hydrogen (secondary N) is 2. The van der Waals surface area contributed by atoms with Crippen LogP contribution in [0.15, 0.2) is 29.2 Å². The molecule has 2 fully saturated rings. The summed E-state index contributed by atoms with van der Waals surface area (Å²) in [4.78, 5) is 39.9. The first-order valence-corrected chi connectivity index (χ1v) is 14.2. The van der Waals surface area contributed by atoms with Gasteiger partial charge in [0.25, 0.3) is 0 Å². The SMILES string of the molecule is CN1C[C@@H](Nc2nc(N3CCC(c4ccccc4NC=O)(N(C)C)CC3)nc3c2[S+]([O-])CC3)CCC1=O. The van der Waals surface area contributed by atoms with Crippen molar-refractivity contribution < 1.29 is 14.1 Å². The van der Waals surface area contributed by atoms with Gasteiger partial charge in [0.05, 0.1) is 5.54 Å². The average molecular weight is 526 g/mol. The molecular weight excluding hydrogens is 490 g/mol. The van der Waals surface area contributed by atoms with Crippen LogP contribution in [-0.2, 0) is 32.7 Å². The average Bonchev–Trinajstić information content (AvgIpc) is 3.27. The van der Waals surface area contributed by atoms with Crippen molar-refractivity contribution in [1.82, 2.24) is 19.8 Å². The summed E-state index contributed by atoms with van der Waals surface area (Å²) in [6, 6.07) is 8.05. The minimum atomic E-state index is -1.12. The molecule has 0 spiro atoms. The normalized spacial score (nSPS) is 23.2. The zero-order valence-electron chi connectivity index (χ0n) is 21.7. The molecular formula is C26H35N7O3S. The maximum absolute atomic E-state index is 12.8. The molecule has 2 aromatic rings. The van der Waals surface area contributed by atoms with Gasteiger partial charge in [0.1, 0.15) is 11.4 Å². The molecule has 0 radical (unpaired) electrons. The number of fused-ring (bicyclic) bond motifs is 1. The highest BCUT2D eigenvalue weighted by Gasteiger charge is 2.41. The third kappa shape index (κ3) is 4.87. The molecule has 0 saturated carbocycles. The van der Waals surface area contributed by atoms with Crippen LogP contribution in [0.25, 0.3) is 0 Å². The van der Waals surface area contributed by atoms with Crippen molar-refractivity contribution in [2.45, 2.75) is 48.6 Å². The van der Waals surface area contributed by atoms with Crippen LogP contribution in [-0.4, -0.2) is 89.2 Å². The number of aromatic nitrogens is 2. The van der Waals surface area contributed by atoms with Gasteiger partial charge in [-0.1, -0.05) is 18.2 Å². The lowest BCUT2D eigenvalue weighted by Gasteiger charge is -2.47. The van der Waals surface area contributed by atoms with Crippen LogP contribution in [0.2, 0.25) is 0 Å². The molecule has 3 aliphatic rings. The second kappa shape index (κ2) is 10.5. The number of piperidine rings is 2. The van der Waals surface area contributed by atoms with Gasteiger partial charge >= 0.3 is 0 Å². The number of benzene rings is 1. The Labute approximate surface area is 221 Å². The first-order valence-electron chi connectivity index (χ1n) is 12.8. The standard InChI is InChI=1S/C26H35N7O3S/c1-31(2)26(19-6-4-5-7-20(19)27-17-34)11-13-33(14-12-26)25-29-21-10-15-37(36)23(21)24(30-25)28-18-8-9-22(35)32(3)16-18/h4-7,17-18H,8-16H2,1-3H3,(H,27,34)(H,28,29,30)/t18-,37?/m0/s1. The highest BCUT2D eigenvalue weighted by molar-refractivity contribution is 7.91. The molecule has 10 nitrogen and oxygen atoms in total. The Bertz CT molecular complexity index is 1170. The molecule has 0 bridgehead atoms. The Morgan fingerprint density at radius 3 is 2.65 bits per heavy atom. The van der Waals surface area contributed by atoms with E-state index >= 15 is 0 Å². The molecule has 1 aromatic heterocycles. The molecule has 4 heterocycles. The topological polar surface area (TPSA) is 117 Å². The van der Waals surface area contributed by atoms with E-state index in [1.54, 1.807) is 4.90 Å². The van der Waals surface area contributed by atoms with Crippen molar-refractivity contribution in [1.29, 1.82) is 0 Å². The first kappa shape index (κ1) is 25.7. The summed E-state index contributed by atoms with van der Waals surface area (Å²) in [6.07, 6.45) is 4.30. The number of carbonyl (C=O) groups excluding carboxylic acids is 2. The summed E-state index contributed by atoms with van der Waals surface area (Å²) < 4.78 is 12.8. The molecule has 0 aliphatic carbocycles. The summed E-state index contributed by atoms with van der Waals surface area (Å²) in [7, 11) is 5.99. The maximum atomic E-state index is 12.8. The van der Waals surface area contributed by atoms with Crippen molar-refractivity contribution in [2.75, 3.05) is 62.1 Å². The van der Waals surface area contributed by atoms with E-state index in [1.165, 1.54) is 0 Å². The molecule has 2 amide bonds. The number of hydrogen-bond acceptors (Lipinski definition) is 8. The van der Waals surface area contributed by atoms with Gasteiger partial charge in [-0.15, -0.1) is 0 Å². The van der Waals surface area contributed by atoms with Crippen LogP contribution < -0.4 is 15.5 Å². The summed E-state index contributed by atoms with van der Waals surface area (Å²) in [5.74, 6) is 2.02. The summed E-state index contributed by atoms with van der Waals surface area (Å²) in [5, 5.41) is 6.38. The van der Waals surface area contributed by atoms with E-state index in [1.807, 2.05) is 25.2 Å². The second-order valence-electron chi connectivity index (χ2n) is 10.3. The molecule has 2 saturated heterocycles. The number of hydrogen-bond donors (Lipinski definition) is 2. The smallest absolute Gasteiger partial charge is 0.227 e. The fourth-order valence-corrected chi connectivity index (χ4v) is 7.17. The Morgan fingerprint density at radius 1 is 1.19 bits per heavy atom. The van der Waals surface area contributed by atoms with Crippen molar-refractivity contribution in [3.8, 4) is 0 Å². The number of rotatable bonds is 7. The lowest BCUT2D eigenvalue weighted by atomic mass is 9.79. The molecule has 11 heteroatoms. The van der Waals surface area contributed by atoms with Gasteiger partial charge in [-0.3, -0.25) is 14.5 Å². The highest BCUT2D eigenvalue weighted by atomic mass is 32.2. The molecule has 198 valence electrons. The zero-order valence-corrected chi connectivity index (χ0v) is 22.5. The third-order valence-corrected chi connectivity index (χ3v) is 9.47. The fraction of sp³-hybridized carbons (Fsp3) is 0.538. The Morgan fingerprint density at radius 2 is 1.95 bits per heavy atom. The monoisotopic (exact) mass is 525 g/mol. The number of amides is 2. The lowest BCUT2D eigenvalue weighted by Crippen LogP contribution is -2.51. The molecule has 2 N–H and O–H groups in total. The predicted octanol–water partition coefficient (Wildman–Crippen LogP) is 1.80. The highest BCUT2D eigenvalue weighted by Crippen LogP contribution is 2.42. The van der Waals surface area contributed by atoms with E-state index < -0.39 is 11.2 Å². The quantitative estimate of drug-likeness (QED) is 0.415. The summed E-state index contributed by atoms with van der Waals surface area (Å²) >= 11 is -1.12. The Hall–Kier alpha value is -2.89. The van der Waals surface area contributed by atoms with Crippen molar-refractivity contribution in [2.24, 2.45) is 0 Å². The molecule has 5 rings (SSSR count). The number of nitrogens with zero attached hydrogens (tertiary/aromatic N) is 5. The van der Waals surface area contributed by atoms with Gasteiger partial charge in [0.15, 0.2) is 5.82 Å². The molecule has 2 atom stereocenters. The van der Waals surface area contributed by atoms with Gasteiger partial charge in [-0.25, -0.2) is 4.98 Å². The van der Waals surface area contributed by atoms with Gasteiger partial charge in [-0.05, 0) is 56.2 Å². The number of carbonyl (C=O) groups is 2. The number of anilines is 3. The molecule has 1 aromatic carbocycles. The van der Waals surface area contributed by atoms with Gasteiger partial charge in [-0.2, -0.15) is 4.98 Å². The van der Waals surface area contributed by atoms with Crippen LogP contribution in [0.5, 0.6) is 0 Å². The fourth-order valence-electron chi connectivity index (χ4n) is 5.86. The van der Waals surface area contributed by atoms with Crippen LogP contribution in [0.3, 0.4) is 0 Å². The zero-order chi connectivity index (χ0) is 26.2. The largest absolute Gasteiger partial charge is 0.611 e. The molecule has 37 heavy (non-hydrogen) atoms. The van der Waals surface area contributed by atoms with Crippen molar-refractivity contribution in [3.63, 3.8) is 0 Å². The number of likely N-dealkylation sites (tertiary alicyclic amines) is 1. The minimum Gasteiger partial charge on any atom is -0.611 e. The van der Waals surface area contributed by atoms with Crippen LogP contribution in [0.1, 0.15) is 36.9 Å². The van der Waals surface area contributed by atoms with Crippen molar-refractivity contribution >= 4 is 40.9 Å². The van der Waals surface area contributed by atoms with Crippen LogP contribution in [0, 0.1) is 0 Å². The van der Waals surface area contributed by atoms with Gasteiger partial charge in [0.2, 0.25) is 23.2 Å². The van der Waals surface area contributed by atoms with E-state index in [2.05, 4.69) is 40.6 Å². The number of aryl methyl sites for hydroxylation is 1. The second-order valence-corrected chi connectivity index (χ2v) is 11.8. The summed E-state index contributed by atoms with van der Waals surface area (Å²) in [6.45, 7) is 2.09. The maximum Gasteiger partial charge on any atom is 0.227 e. The minimum absolute atomic E-state index is 0.0664. The Kier molecular flexibility index (Phi) is 7.28. The van der Waals surface area contributed by atoms with E-state index in [0.29, 0.717) is 36.9 Å². The van der Waals surface area contributed by atoms with E-state index in [9.17, 15) is 14.1 Å². The van der Waals surface area contributed by atoms with E-state index in [4.69, 9.17) is 9.97 Å². The molecule has 1 unspecified atom stereocenters. The lowest BCUT2D eigenvalue weighted by molar-refractivity contribution is -0.132. The van der Waals surface area contributed by atoms with Crippen molar-refractivity contribution in [3.05, 3.63) is 35.5 Å². The molecule has 3 aliphatic heterocycles.